The normalized spacial score (nSPS) is 10.1. The molecule has 2 aromatic rings. The van der Waals surface area contributed by atoms with Gasteiger partial charge < -0.3 is 42.6 Å². The fourth-order valence-corrected chi connectivity index (χ4v) is 1.87. The minimum Gasteiger partial charge on any atom is -1.00 e. The number of aliphatic hydroxyl groups is 1. The summed E-state index contributed by atoms with van der Waals surface area (Å²) in [5.74, 6) is -1.69. The van der Waals surface area contributed by atoms with E-state index in [-0.39, 0.29) is 59.3 Å². The Bertz CT molecular complexity index is 651. The molecule has 13 nitrogen and oxygen atoms in total. The molecule has 0 aliphatic carbocycles. The third kappa shape index (κ3) is 12.6. The van der Waals surface area contributed by atoms with E-state index in [1.165, 1.54) is 6.20 Å². The van der Waals surface area contributed by atoms with Crippen LogP contribution in [0.4, 0.5) is 0 Å². The van der Waals surface area contributed by atoms with Gasteiger partial charge in [-0.25, -0.2) is 4.98 Å². The second-order valence-corrected chi connectivity index (χ2v) is 5.98. The molecule has 0 fully saturated rings. The standard InChI is InChI=1S/C9H11N2O4P.Na.HO3P.4H2O.H/c12-9(16(13,14)15)5-7-6-10-8-3-1-2-4-11(7)8;;1-4(2)3;;;;;/h1-4,6,9,12H,5H2,(H2,13,14,15);;(H-,1,2,3);4*1H2;/q;+1;;;;;;-1/p+1. The van der Waals surface area contributed by atoms with Crippen molar-refractivity contribution in [3.63, 3.8) is 0 Å². The molecule has 0 aliphatic rings. The third-order valence-electron chi connectivity index (χ3n) is 2.27. The van der Waals surface area contributed by atoms with Gasteiger partial charge in [-0.2, -0.15) is 0 Å². The van der Waals surface area contributed by atoms with Crippen molar-refractivity contribution in [2.75, 3.05) is 0 Å². The summed E-state index contributed by atoms with van der Waals surface area (Å²) < 4.78 is 21.2. The van der Waals surface area contributed by atoms with Crippen LogP contribution in [-0.2, 0) is 15.6 Å². The zero-order valence-electron chi connectivity index (χ0n) is 14.0. The molecule has 0 aromatic carbocycles. The van der Waals surface area contributed by atoms with Gasteiger partial charge in [-0.1, -0.05) is 6.07 Å². The topological polar surface area (TPSA) is 279 Å². The molecular formula is C9H22N2NaO11P2+. The van der Waals surface area contributed by atoms with Crippen LogP contribution < -0.4 is 29.6 Å². The first-order valence-electron chi connectivity index (χ1n) is 5.21. The predicted molar refractivity (Wildman–Crippen MR) is 84.6 cm³/mol. The van der Waals surface area contributed by atoms with Crippen LogP contribution in [0.25, 0.3) is 5.65 Å². The van der Waals surface area contributed by atoms with Crippen LogP contribution in [0, 0.1) is 0 Å². The van der Waals surface area contributed by atoms with Gasteiger partial charge in [0, 0.05) is 29.1 Å². The van der Waals surface area contributed by atoms with E-state index in [0.29, 0.717) is 11.3 Å². The zero-order valence-corrected chi connectivity index (χ0v) is 16.8. The van der Waals surface area contributed by atoms with Crippen LogP contribution in [0.15, 0.2) is 30.6 Å². The van der Waals surface area contributed by atoms with Crippen molar-refractivity contribution in [3.8, 4) is 0 Å². The first-order valence-corrected chi connectivity index (χ1v) is 8.05. The van der Waals surface area contributed by atoms with Crippen molar-refractivity contribution in [2.24, 2.45) is 0 Å². The van der Waals surface area contributed by atoms with Crippen LogP contribution in [-0.4, -0.2) is 61.8 Å². The van der Waals surface area contributed by atoms with Crippen molar-refractivity contribution in [1.82, 2.24) is 9.38 Å². The monoisotopic (exact) mass is 419 g/mol. The van der Waals surface area contributed by atoms with Gasteiger partial charge in [0.2, 0.25) is 0 Å². The van der Waals surface area contributed by atoms with Gasteiger partial charge in [0.05, 0.1) is 0 Å². The molecule has 0 radical (unpaired) electrons. The van der Waals surface area contributed by atoms with Crippen molar-refractivity contribution in [2.45, 2.75) is 12.3 Å². The zero-order chi connectivity index (χ0) is 15.3. The summed E-state index contributed by atoms with van der Waals surface area (Å²) in [6.07, 6.45) is 3.09. The Balaban J connectivity index is -0.0000000918. The van der Waals surface area contributed by atoms with E-state index in [2.05, 4.69) is 4.98 Å². The Morgan fingerprint density at radius 2 is 1.68 bits per heavy atom. The molecule has 1 unspecified atom stereocenters. The molecule has 0 aliphatic heterocycles. The van der Waals surface area contributed by atoms with Crippen molar-refractivity contribution in [3.05, 3.63) is 36.3 Å². The van der Waals surface area contributed by atoms with Crippen LogP contribution in [0.3, 0.4) is 0 Å². The first-order chi connectivity index (χ1) is 9.21. The summed E-state index contributed by atoms with van der Waals surface area (Å²) in [6, 6.07) is 5.36. The van der Waals surface area contributed by atoms with E-state index in [0.717, 1.165) is 0 Å². The minimum absolute atomic E-state index is 0. The SMILES string of the molecule is O.O.O.O.O=P(O)(O)C(O)Cc1cnc2ccccn12.O=[P+](O)O.[H-].[Na+]. The van der Waals surface area contributed by atoms with E-state index in [9.17, 15) is 9.67 Å². The number of aromatic nitrogens is 2. The second-order valence-electron chi connectivity index (χ2n) is 3.70. The molecule has 0 saturated heterocycles. The number of nitrogens with zero attached hydrogens (tertiary/aromatic N) is 2. The number of rotatable bonds is 3. The summed E-state index contributed by atoms with van der Waals surface area (Å²) in [5.41, 5.74) is 1.24. The van der Waals surface area contributed by atoms with Gasteiger partial charge in [-0.05, 0) is 12.1 Å². The largest absolute Gasteiger partial charge is 1.00 e. The summed E-state index contributed by atoms with van der Waals surface area (Å²) in [4.78, 5) is 35.9. The molecule has 0 spiro atoms. The fourth-order valence-electron chi connectivity index (χ4n) is 1.44. The molecule has 13 N–H and O–H groups in total. The average molecular weight is 419 g/mol. The summed E-state index contributed by atoms with van der Waals surface area (Å²) in [5, 5.41) is 9.31. The summed E-state index contributed by atoms with van der Waals surface area (Å²) in [6.45, 7) is 0. The van der Waals surface area contributed by atoms with Crippen LogP contribution in [0.5, 0.6) is 0 Å². The van der Waals surface area contributed by atoms with Crippen molar-refractivity contribution < 1.29 is 86.7 Å². The van der Waals surface area contributed by atoms with E-state index in [1.54, 1.807) is 22.7 Å². The first kappa shape index (κ1) is 35.7. The second kappa shape index (κ2) is 15.9. The molecule has 1 atom stereocenters. The quantitative estimate of drug-likeness (QED) is 0.235. The van der Waals surface area contributed by atoms with Gasteiger partial charge in [0.1, 0.15) is 5.65 Å². The van der Waals surface area contributed by atoms with Crippen molar-refractivity contribution >= 4 is 21.5 Å². The van der Waals surface area contributed by atoms with Gasteiger partial charge in [0.25, 0.3) is 0 Å². The molecule has 0 amide bonds. The summed E-state index contributed by atoms with van der Waals surface area (Å²) >= 11 is 0. The number of hydrogen-bond acceptors (Lipinski definition) is 4. The van der Waals surface area contributed by atoms with Crippen LogP contribution in [0.1, 0.15) is 7.12 Å². The molecular weight excluding hydrogens is 397 g/mol. The maximum atomic E-state index is 10.8. The van der Waals surface area contributed by atoms with Gasteiger partial charge in [-0.15, -0.1) is 9.79 Å². The molecule has 2 aromatic heterocycles. The van der Waals surface area contributed by atoms with E-state index in [4.69, 9.17) is 24.1 Å². The third-order valence-corrected chi connectivity index (χ3v) is 3.23. The van der Waals surface area contributed by atoms with Crippen molar-refractivity contribution in [1.29, 1.82) is 0 Å². The average Bonchev–Trinajstić information content (AvgIpc) is 2.71. The number of imidazole rings is 1. The number of fused-ring (bicyclic) bond motifs is 1. The summed E-state index contributed by atoms with van der Waals surface area (Å²) in [7, 11) is -7.33. The van der Waals surface area contributed by atoms with Gasteiger partial charge >= 0.3 is 45.4 Å². The smallest absolute Gasteiger partial charge is 1.00 e. The van der Waals surface area contributed by atoms with E-state index in [1.807, 2.05) is 6.07 Å². The fraction of sp³-hybridized carbons (Fsp3) is 0.222. The Morgan fingerprint density at radius 1 is 1.20 bits per heavy atom. The Labute approximate surface area is 166 Å². The van der Waals surface area contributed by atoms with E-state index >= 15 is 0 Å². The van der Waals surface area contributed by atoms with Gasteiger partial charge in [-0.3, -0.25) is 4.57 Å². The molecule has 25 heavy (non-hydrogen) atoms. The minimum atomic E-state index is -4.46. The molecule has 2 rings (SSSR count). The van der Waals surface area contributed by atoms with Crippen LogP contribution >= 0.6 is 15.9 Å². The molecule has 0 saturated carbocycles. The maximum Gasteiger partial charge on any atom is 1.00 e. The van der Waals surface area contributed by atoms with E-state index < -0.39 is 21.7 Å². The predicted octanol–water partition coefficient (Wildman–Crippen LogP) is -6.18. The molecule has 16 heteroatoms. The Kier molecular flexibility index (Phi) is 22.7. The maximum absolute atomic E-state index is 10.8. The van der Waals surface area contributed by atoms with Gasteiger partial charge in [0.15, 0.2) is 5.85 Å². The number of hydrogen-bond donors (Lipinski definition) is 5. The number of pyridine rings is 1. The van der Waals surface area contributed by atoms with Crippen LogP contribution in [0.2, 0.25) is 0 Å². The number of aliphatic hydroxyl groups excluding tert-OH is 1. The Morgan fingerprint density at radius 3 is 2.12 bits per heavy atom. The molecule has 144 valence electrons. The Hall–Kier alpha value is -0.340. The molecule has 0 bridgehead atoms. The molecule has 2 heterocycles.